The number of halogens is 1. The summed E-state index contributed by atoms with van der Waals surface area (Å²) in [6, 6.07) is 17.9. The lowest BCUT2D eigenvalue weighted by Crippen LogP contribution is -2.23. The maximum Gasteiger partial charge on any atom is 0.300 e. The molecule has 1 aliphatic rings. The minimum absolute atomic E-state index is 0.154. The molecule has 0 aliphatic carbocycles. The van der Waals surface area contributed by atoms with Gasteiger partial charge in [-0.15, -0.1) is 0 Å². The SMILES string of the molecule is O=c1ccn2c(n1)O[C@H](COc1ccc(-c3cccc(Br)c3)cc1)C2. The number of nitrogens with zero attached hydrogens (tertiary/aromatic N) is 2. The lowest BCUT2D eigenvalue weighted by molar-refractivity contribution is 0.143. The molecule has 1 atom stereocenters. The Kier molecular flexibility index (Phi) is 4.28. The lowest BCUT2D eigenvalue weighted by atomic mass is 10.1. The monoisotopic (exact) mass is 398 g/mol. The molecule has 0 saturated heterocycles. The molecule has 25 heavy (non-hydrogen) atoms. The van der Waals surface area contributed by atoms with E-state index < -0.39 is 0 Å². The maximum absolute atomic E-state index is 11.2. The van der Waals surface area contributed by atoms with Crippen molar-refractivity contribution in [2.75, 3.05) is 6.61 Å². The fourth-order valence-electron chi connectivity index (χ4n) is 2.74. The van der Waals surface area contributed by atoms with Gasteiger partial charge in [-0.2, -0.15) is 4.98 Å². The van der Waals surface area contributed by atoms with E-state index in [1.54, 1.807) is 6.20 Å². The van der Waals surface area contributed by atoms with Gasteiger partial charge in [0.25, 0.3) is 11.6 Å². The molecule has 6 heteroatoms. The van der Waals surface area contributed by atoms with Crippen LogP contribution in [0.1, 0.15) is 0 Å². The van der Waals surface area contributed by atoms with Crippen LogP contribution in [0, 0.1) is 0 Å². The van der Waals surface area contributed by atoms with Crippen LogP contribution in [0.15, 0.2) is 70.1 Å². The molecule has 0 N–H and O–H groups in total. The molecule has 0 saturated carbocycles. The first kappa shape index (κ1) is 15.9. The second kappa shape index (κ2) is 6.72. The van der Waals surface area contributed by atoms with Gasteiger partial charge in [0, 0.05) is 16.7 Å². The van der Waals surface area contributed by atoms with Gasteiger partial charge >= 0.3 is 0 Å². The number of benzene rings is 2. The van der Waals surface area contributed by atoms with Crippen LogP contribution in [0.2, 0.25) is 0 Å². The van der Waals surface area contributed by atoms with Crippen molar-refractivity contribution in [1.29, 1.82) is 0 Å². The lowest BCUT2D eigenvalue weighted by Gasteiger charge is -2.11. The summed E-state index contributed by atoms with van der Waals surface area (Å²) in [6.45, 7) is 1.02. The smallest absolute Gasteiger partial charge is 0.300 e. The minimum Gasteiger partial charge on any atom is -0.490 e. The van der Waals surface area contributed by atoms with Crippen molar-refractivity contribution >= 4 is 15.9 Å². The molecule has 0 unspecified atom stereocenters. The van der Waals surface area contributed by atoms with Crippen LogP contribution in [0.5, 0.6) is 11.8 Å². The molecule has 0 bridgehead atoms. The Labute approximate surface area is 153 Å². The summed E-state index contributed by atoms with van der Waals surface area (Å²) in [4.78, 5) is 15.1. The van der Waals surface area contributed by atoms with Crippen LogP contribution in [0.25, 0.3) is 11.1 Å². The number of aromatic nitrogens is 2. The predicted molar refractivity (Wildman–Crippen MR) is 98.0 cm³/mol. The van der Waals surface area contributed by atoms with Gasteiger partial charge in [0.1, 0.15) is 12.4 Å². The summed E-state index contributed by atoms with van der Waals surface area (Å²) in [5, 5.41) is 0. The van der Waals surface area contributed by atoms with Gasteiger partial charge in [0.05, 0.1) is 6.54 Å². The molecule has 5 nitrogen and oxygen atoms in total. The molecular weight excluding hydrogens is 384 g/mol. The Balaban J connectivity index is 1.39. The highest BCUT2D eigenvalue weighted by atomic mass is 79.9. The predicted octanol–water partition coefficient (Wildman–Crippen LogP) is 3.51. The highest BCUT2D eigenvalue weighted by Gasteiger charge is 2.23. The van der Waals surface area contributed by atoms with E-state index in [9.17, 15) is 4.79 Å². The Morgan fingerprint density at radius 2 is 2.00 bits per heavy atom. The third kappa shape index (κ3) is 3.58. The van der Waals surface area contributed by atoms with Crippen molar-refractivity contribution in [2.45, 2.75) is 12.6 Å². The molecule has 1 aliphatic heterocycles. The standard InChI is InChI=1S/C19H15BrN2O3/c20-15-3-1-2-14(10-15)13-4-6-16(7-5-13)24-12-17-11-22-9-8-18(23)21-19(22)25-17/h1-10,17H,11-12H2/t17-/m0/s1. The molecule has 0 fully saturated rings. The fourth-order valence-corrected chi connectivity index (χ4v) is 3.14. The van der Waals surface area contributed by atoms with E-state index >= 15 is 0 Å². The number of fused-ring (bicyclic) bond motifs is 1. The van der Waals surface area contributed by atoms with E-state index in [0.717, 1.165) is 21.3 Å². The Morgan fingerprint density at radius 3 is 2.80 bits per heavy atom. The van der Waals surface area contributed by atoms with Gasteiger partial charge in [0.15, 0.2) is 6.10 Å². The van der Waals surface area contributed by atoms with Crippen molar-refractivity contribution in [1.82, 2.24) is 9.55 Å². The van der Waals surface area contributed by atoms with Crippen molar-refractivity contribution < 1.29 is 9.47 Å². The van der Waals surface area contributed by atoms with Gasteiger partial charge in [-0.25, -0.2) is 0 Å². The molecule has 1 aromatic heterocycles. The molecule has 2 aromatic carbocycles. The molecule has 3 aromatic rings. The fraction of sp³-hybridized carbons (Fsp3) is 0.158. The first-order chi connectivity index (χ1) is 12.2. The summed E-state index contributed by atoms with van der Waals surface area (Å²) in [6.07, 6.45) is 1.54. The van der Waals surface area contributed by atoms with Crippen LogP contribution in [-0.2, 0) is 6.54 Å². The zero-order valence-electron chi connectivity index (χ0n) is 13.3. The van der Waals surface area contributed by atoms with E-state index in [-0.39, 0.29) is 11.7 Å². The Hall–Kier alpha value is -2.60. The van der Waals surface area contributed by atoms with E-state index in [1.807, 2.05) is 41.0 Å². The Bertz CT molecular complexity index is 953. The topological polar surface area (TPSA) is 53.4 Å². The van der Waals surface area contributed by atoms with E-state index in [2.05, 4.69) is 33.0 Å². The average molecular weight is 399 g/mol. The quantitative estimate of drug-likeness (QED) is 0.674. The highest BCUT2D eigenvalue weighted by Crippen LogP contribution is 2.25. The van der Waals surface area contributed by atoms with Crippen molar-refractivity contribution in [3.05, 3.63) is 75.6 Å². The molecule has 0 spiro atoms. The Morgan fingerprint density at radius 1 is 1.16 bits per heavy atom. The zero-order chi connectivity index (χ0) is 17.2. The van der Waals surface area contributed by atoms with Crippen LogP contribution < -0.4 is 15.0 Å². The van der Waals surface area contributed by atoms with Gasteiger partial charge < -0.3 is 9.47 Å². The first-order valence-electron chi connectivity index (χ1n) is 7.90. The van der Waals surface area contributed by atoms with Crippen molar-refractivity contribution in [3.8, 4) is 22.9 Å². The number of hydrogen-bond donors (Lipinski definition) is 0. The molecule has 4 rings (SSSR count). The number of rotatable bonds is 4. The highest BCUT2D eigenvalue weighted by molar-refractivity contribution is 9.10. The van der Waals surface area contributed by atoms with Gasteiger partial charge in [-0.1, -0.05) is 40.2 Å². The van der Waals surface area contributed by atoms with Crippen molar-refractivity contribution in [3.63, 3.8) is 0 Å². The minimum atomic E-state index is -0.295. The first-order valence-corrected chi connectivity index (χ1v) is 8.70. The van der Waals surface area contributed by atoms with Crippen LogP contribution in [0.3, 0.4) is 0 Å². The normalized spacial score (nSPS) is 15.5. The van der Waals surface area contributed by atoms with E-state index in [1.165, 1.54) is 6.07 Å². The van der Waals surface area contributed by atoms with Crippen LogP contribution in [0.4, 0.5) is 0 Å². The second-order valence-electron chi connectivity index (χ2n) is 5.79. The molecule has 126 valence electrons. The summed E-state index contributed by atoms with van der Waals surface area (Å²) >= 11 is 3.49. The van der Waals surface area contributed by atoms with Crippen molar-refractivity contribution in [2.24, 2.45) is 0 Å². The summed E-state index contributed by atoms with van der Waals surface area (Å²) in [5.41, 5.74) is 1.98. The average Bonchev–Trinajstić information content (AvgIpc) is 3.02. The summed E-state index contributed by atoms with van der Waals surface area (Å²) in [7, 11) is 0. The molecule has 0 amide bonds. The second-order valence-corrected chi connectivity index (χ2v) is 6.70. The van der Waals surface area contributed by atoms with Crippen LogP contribution >= 0.6 is 15.9 Å². The van der Waals surface area contributed by atoms with E-state index in [0.29, 0.717) is 19.2 Å². The largest absolute Gasteiger partial charge is 0.490 e. The zero-order valence-corrected chi connectivity index (χ0v) is 14.8. The molecule has 0 radical (unpaired) electrons. The number of ether oxygens (including phenoxy) is 2. The van der Waals surface area contributed by atoms with Gasteiger partial charge in [-0.05, 0) is 35.4 Å². The summed E-state index contributed by atoms with van der Waals surface area (Å²) in [5.74, 6) is 0.778. The van der Waals surface area contributed by atoms with E-state index in [4.69, 9.17) is 9.47 Å². The third-order valence-corrected chi connectivity index (χ3v) is 4.46. The number of hydrogen-bond acceptors (Lipinski definition) is 4. The van der Waals surface area contributed by atoms with Gasteiger partial charge in [-0.3, -0.25) is 9.36 Å². The maximum atomic E-state index is 11.2. The summed E-state index contributed by atoms with van der Waals surface area (Å²) < 4.78 is 14.3. The van der Waals surface area contributed by atoms with Crippen LogP contribution in [-0.4, -0.2) is 22.3 Å². The third-order valence-electron chi connectivity index (χ3n) is 3.97. The van der Waals surface area contributed by atoms with Gasteiger partial charge in [0.2, 0.25) is 0 Å². The molecular formula is C19H15BrN2O3. The molecule has 2 heterocycles.